The fourth-order valence-electron chi connectivity index (χ4n) is 5.24. The number of nitrogens with one attached hydrogen (secondary N) is 1. The van der Waals surface area contributed by atoms with Crippen molar-refractivity contribution >= 4 is 15.9 Å². The van der Waals surface area contributed by atoms with Crippen LogP contribution in [0.4, 0.5) is 0 Å². The van der Waals surface area contributed by atoms with E-state index in [0.29, 0.717) is 74.1 Å². The number of nitrogens with zero attached hydrogens (tertiary/aromatic N) is 1. The van der Waals surface area contributed by atoms with Gasteiger partial charge in [-0.25, -0.2) is 8.42 Å². The van der Waals surface area contributed by atoms with Crippen LogP contribution < -0.4 is 24.3 Å². The lowest BCUT2D eigenvalue weighted by Crippen LogP contribution is -2.40. The second-order valence-electron chi connectivity index (χ2n) is 9.94. The molecule has 3 heterocycles. The van der Waals surface area contributed by atoms with Gasteiger partial charge in [0.15, 0.2) is 23.0 Å². The molecule has 0 fully saturated rings. The molecule has 40 heavy (non-hydrogen) atoms. The highest BCUT2D eigenvalue weighted by atomic mass is 32.2. The predicted octanol–water partition coefficient (Wildman–Crippen LogP) is 4.23. The topological polar surface area (TPSA) is 103 Å². The van der Waals surface area contributed by atoms with Gasteiger partial charge in [-0.05, 0) is 77.9 Å². The van der Waals surface area contributed by atoms with Crippen molar-refractivity contribution in [1.29, 1.82) is 0 Å². The van der Waals surface area contributed by atoms with Gasteiger partial charge < -0.3 is 24.3 Å². The van der Waals surface area contributed by atoms with Crippen LogP contribution in [0.25, 0.3) is 0 Å². The number of methoxy groups -OCH3 is 2. The average molecular weight is 567 g/mol. The maximum Gasteiger partial charge on any atom is 0.220 e. The third-order valence-corrected chi connectivity index (χ3v) is 8.45. The zero-order chi connectivity index (χ0) is 28.3. The third kappa shape index (κ3) is 6.03. The summed E-state index contributed by atoms with van der Waals surface area (Å²) >= 11 is 0. The van der Waals surface area contributed by atoms with Crippen molar-refractivity contribution in [3.63, 3.8) is 0 Å². The van der Waals surface area contributed by atoms with Gasteiger partial charge in [0.25, 0.3) is 0 Å². The van der Waals surface area contributed by atoms with Crippen molar-refractivity contribution in [2.45, 2.75) is 31.7 Å². The molecular formula is C30H34N2O7S. The first kappa shape index (κ1) is 27.8. The summed E-state index contributed by atoms with van der Waals surface area (Å²) in [6.07, 6.45) is 3.29. The molecule has 0 aromatic heterocycles. The quantitative estimate of drug-likeness (QED) is 0.506. The van der Waals surface area contributed by atoms with Crippen molar-refractivity contribution in [2.75, 3.05) is 40.2 Å². The number of fused-ring (bicyclic) bond motifs is 8. The molecule has 1 atom stereocenters. The lowest BCUT2D eigenvalue weighted by Gasteiger charge is -2.36. The van der Waals surface area contributed by atoms with E-state index in [1.165, 1.54) is 10.6 Å². The zero-order valence-corrected chi connectivity index (χ0v) is 23.8. The Hall–Kier alpha value is -3.76. The number of aryl methyl sites for hydroxylation is 1. The number of hydrogen-bond donors (Lipinski definition) is 1. The Bertz CT molecular complexity index is 1510. The van der Waals surface area contributed by atoms with Crippen LogP contribution in [0.5, 0.6) is 28.7 Å². The molecule has 0 aliphatic carbocycles. The summed E-state index contributed by atoms with van der Waals surface area (Å²) in [5.74, 6) is 2.67. The molecule has 6 rings (SSSR count). The third-order valence-electron chi connectivity index (χ3n) is 7.21. The number of ether oxygens (including phenoxy) is 4. The largest absolute Gasteiger partial charge is 0.493 e. The summed E-state index contributed by atoms with van der Waals surface area (Å²) < 4.78 is 51.0. The van der Waals surface area contributed by atoms with Crippen LogP contribution in [0.2, 0.25) is 0 Å². The van der Waals surface area contributed by atoms with E-state index in [1.54, 1.807) is 20.3 Å². The molecule has 0 spiro atoms. The summed E-state index contributed by atoms with van der Waals surface area (Å²) in [5, 5.41) is 2.94. The summed E-state index contributed by atoms with van der Waals surface area (Å²) in [6, 6.07) is 16.3. The molecule has 3 aromatic carbocycles. The standard InChI is InChI=1S/C30H34N2O7S/c1-36-25-10-9-22-18-27(25)38-15-5-13-31-29(33)11-8-20-6-4-7-23(16-20)39-28-17-21-12-14-32(40(3,34)35)30(22)24(21)19-26(28)37-2/h4,6-7,9-10,16-19,30H,5,8,11-15H2,1-3H3,(H,31,33). The molecule has 1 N–H and O–H groups in total. The first-order chi connectivity index (χ1) is 19.3. The fourth-order valence-corrected chi connectivity index (χ4v) is 6.28. The van der Waals surface area contributed by atoms with Gasteiger partial charge in [0, 0.05) is 19.5 Å². The minimum Gasteiger partial charge on any atom is -0.493 e. The highest BCUT2D eigenvalue weighted by Crippen LogP contribution is 2.44. The van der Waals surface area contributed by atoms with Crippen LogP contribution in [-0.2, 0) is 27.7 Å². The van der Waals surface area contributed by atoms with E-state index >= 15 is 0 Å². The Labute approximate surface area is 235 Å². The fraction of sp³-hybridized carbons (Fsp3) is 0.367. The second-order valence-corrected chi connectivity index (χ2v) is 11.9. The normalized spacial score (nSPS) is 18.2. The number of carbonyl (C=O) groups is 1. The molecule has 212 valence electrons. The van der Waals surface area contributed by atoms with E-state index < -0.39 is 16.1 Å². The Kier molecular flexibility index (Phi) is 8.18. The van der Waals surface area contributed by atoms with Crippen LogP contribution in [0.1, 0.15) is 41.1 Å². The first-order valence-corrected chi connectivity index (χ1v) is 15.1. The molecule has 1 unspecified atom stereocenters. The molecule has 3 aliphatic heterocycles. The number of rotatable bonds is 3. The number of amides is 1. The molecule has 0 saturated carbocycles. The monoisotopic (exact) mass is 566 g/mol. The summed E-state index contributed by atoms with van der Waals surface area (Å²) in [4.78, 5) is 12.4. The summed E-state index contributed by atoms with van der Waals surface area (Å²) in [7, 11) is -0.429. The number of hydrogen-bond acceptors (Lipinski definition) is 7. The van der Waals surface area contributed by atoms with Gasteiger partial charge in [0.05, 0.1) is 33.1 Å². The van der Waals surface area contributed by atoms with Crippen molar-refractivity contribution in [3.8, 4) is 28.7 Å². The van der Waals surface area contributed by atoms with Crippen LogP contribution in [-0.4, -0.2) is 58.8 Å². The van der Waals surface area contributed by atoms with Gasteiger partial charge in [-0.1, -0.05) is 18.2 Å². The smallest absolute Gasteiger partial charge is 0.220 e. The van der Waals surface area contributed by atoms with E-state index in [9.17, 15) is 13.2 Å². The zero-order valence-electron chi connectivity index (χ0n) is 22.9. The second kappa shape index (κ2) is 11.8. The molecule has 10 heteroatoms. The lowest BCUT2D eigenvalue weighted by molar-refractivity contribution is -0.121. The van der Waals surface area contributed by atoms with Gasteiger partial charge >= 0.3 is 0 Å². The molecule has 0 saturated heterocycles. The molecular weight excluding hydrogens is 532 g/mol. The highest BCUT2D eigenvalue weighted by molar-refractivity contribution is 7.88. The maximum atomic E-state index is 13.0. The average Bonchev–Trinajstić information content (AvgIpc) is 2.94. The summed E-state index contributed by atoms with van der Waals surface area (Å²) in [5.41, 5.74) is 3.52. The van der Waals surface area contributed by atoms with Crippen LogP contribution in [0.3, 0.4) is 0 Å². The lowest BCUT2D eigenvalue weighted by atomic mass is 9.89. The minimum absolute atomic E-state index is 0.0342. The van der Waals surface area contributed by atoms with Crippen molar-refractivity contribution in [2.24, 2.45) is 0 Å². The highest BCUT2D eigenvalue weighted by Gasteiger charge is 2.36. The Morgan fingerprint density at radius 2 is 1.77 bits per heavy atom. The molecule has 9 nitrogen and oxygen atoms in total. The Morgan fingerprint density at radius 3 is 2.55 bits per heavy atom. The SMILES string of the molecule is COc1ccc2cc1OCCCNC(=O)CCc1cccc(c1)Oc1cc3c(cc1OC)C2N(S(C)(=O)=O)CC3. The Balaban J connectivity index is 1.64. The molecule has 3 aromatic rings. The maximum absolute atomic E-state index is 13.0. The molecule has 1 amide bonds. The predicted molar refractivity (Wildman–Crippen MR) is 151 cm³/mol. The number of carbonyl (C=O) groups excluding carboxylic acids is 1. The van der Waals surface area contributed by atoms with Gasteiger partial charge in [-0.3, -0.25) is 4.79 Å². The Morgan fingerprint density at radius 1 is 0.950 bits per heavy atom. The number of benzene rings is 3. The molecule has 0 radical (unpaired) electrons. The van der Waals surface area contributed by atoms with Crippen LogP contribution in [0, 0.1) is 0 Å². The minimum atomic E-state index is -3.55. The number of sulfonamides is 1. The van der Waals surface area contributed by atoms with Crippen LogP contribution >= 0.6 is 0 Å². The van der Waals surface area contributed by atoms with Gasteiger partial charge in [0.1, 0.15) is 5.75 Å². The van der Waals surface area contributed by atoms with Gasteiger partial charge in [-0.2, -0.15) is 4.31 Å². The van der Waals surface area contributed by atoms with E-state index in [0.717, 1.165) is 22.3 Å². The van der Waals surface area contributed by atoms with Crippen molar-refractivity contribution in [1.82, 2.24) is 9.62 Å². The van der Waals surface area contributed by atoms with Crippen molar-refractivity contribution in [3.05, 3.63) is 76.9 Å². The molecule has 8 bridgehead atoms. The van der Waals surface area contributed by atoms with E-state index in [-0.39, 0.29) is 5.91 Å². The summed E-state index contributed by atoms with van der Waals surface area (Å²) in [6.45, 7) is 1.15. The van der Waals surface area contributed by atoms with E-state index in [1.807, 2.05) is 48.5 Å². The van der Waals surface area contributed by atoms with Crippen LogP contribution in [0.15, 0.2) is 54.6 Å². The van der Waals surface area contributed by atoms with Crippen molar-refractivity contribution < 1.29 is 32.2 Å². The molecule has 3 aliphatic rings. The van der Waals surface area contributed by atoms with Gasteiger partial charge in [0.2, 0.25) is 15.9 Å². The van der Waals surface area contributed by atoms with Gasteiger partial charge in [-0.15, -0.1) is 0 Å². The van der Waals surface area contributed by atoms with E-state index in [4.69, 9.17) is 18.9 Å². The van der Waals surface area contributed by atoms with E-state index in [2.05, 4.69) is 5.32 Å². The first-order valence-electron chi connectivity index (χ1n) is 13.3.